The number of hydrazine groups is 1. The zero-order valence-electron chi connectivity index (χ0n) is 20.4. The summed E-state index contributed by atoms with van der Waals surface area (Å²) in [5, 5.41) is 9.33. The van der Waals surface area contributed by atoms with Crippen LogP contribution in [0.15, 0.2) is 47.7 Å². The zero-order valence-corrected chi connectivity index (χ0v) is 20.4. The lowest BCUT2D eigenvalue weighted by molar-refractivity contribution is -0.130. The highest BCUT2D eigenvalue weighted by Gasteiger charge is 2.44. The first kappa shape index (κ1) is 25.1. The number of rotatable bonds is 8. The SMILES string of the molecule is CC(C)C(C(=O)NC1CCc2cccc3c2N(C1=O)C(C(=O)NC/C(N)=N/NN)C3)c1ccccn1. The van der Waals surface area contributed by atoms with Gasteiger partial charge in [0.25, 0.3) is 0 Å². The van der Waals surface area contributed by atoms with E-state index < -0.39 is 18.0 Å². The molecule has 11 heteroatoms. The van der Waals surface area contributed by atoms with Crippen molar-refractivity contribution in [2.24, 2.45) is 22.6 Å². The molecule has 2 aromatic rings. The molecule has 3 atom stereocenters. The number of hydrazone groups is 1. The lowest BCUT2D eigenvalue weighted by Gasteiger charge is -2.29. The van der Waals surface area contributed by atoms with E-state index in [9.17, 15) is 14.4 Å². The second-order valence-corrected chi connectivity index (χ2v) is 9.38. The molecule has 7 N–H and O–H groups in total. The van der Waals surface area contributed by atoms with Gasteiger partial charge in [0, 0.05) is 12.6 Å². The van der Waals surface area contributed by atoms with Crippen LogP contribution in [0.5, 0.6) is 0 Å². The molecule has 3 amide bonds. The first-order valence-electron chi connectivity index (χ1n) is 12.0. The fourth-order valence-corrected chi connectivity index (χ4v) is 4.99. The van der Waals surface area contributed by atoms with Crippen LogP contribution in [-0.2, 0) is 27.2 Å². The highest BCUT2D eigenvalue weighted by Crippen LogP contribution is 2.39. The van der Waals surface area contributed by atoms with Crippen LogP contribution in [0.4, 0.5) is 5.69 Å². The van der Waals surface area contributed by atoms with Gasteiger partial charge in [-0.1, -0.05) is 38.1 Å². The Morgan fingerprint density at radius 3 is 2.67 bits per heavy atom. The number of nitrogens with two attached hydrogens (primary N) is 2. The Morgan fingerprint density at radius 1 is 1.19 bits per heavy atom. The molecule has 190 valence electrons. The topological polar surface area (TPSA) is 168 Å². The normalized spacial score (nSPS) is 19.9. The van der Waals surface area contributed by atoms with Crippen LogP contribution >= 0.6 is 0 Å². The van der Waals surface area contributed by atoms with Crippen molar-refractivity contribution in [3.63, 3.8) is 0 Å². The van der Waals surface area contributed by atoms with Gasteiger partial charge < -0.3 is 16.4 Å². The molecule has 2 aliphatic rings. The third kappa shape index (κ3) is 5.01. The smallest absolute Gasteiger partial charge is 0.250 e. The molecule has 0 fully saturated rings. The summed E-state index contributed by atoms with van der Waals surface area (Å²) in [5.41, 5.74) is 11.1. The van der Waals surface area contributed by atoms with Crippen molar-refractivity contribution in [1.82, 2.24) is 21.2 Å². The maximum absolute atomic E-state index is 13.8. The van der Waals surface area contributed by atoms with E-state index in [4.69, 9.17) is 11.6 Å². The van der Waals surface area contributed by atoms with Crippen molar-refractivity contribution < 1.29 is 14.4 Å². The molecule has 1 aromatic heterocycles. The molecule has 36 heavy (non-hydrogen) atoms. The van der Waals surface area contributed by atoms with Gasteiger partial charge in [-0.05, 0) is 42.0 Å². The minimum atomic E-state index is -0.774. The number of hydrogen-bond acceptors (Lipinski definition) is 7. The summed E-state index contributed by atoms with van der Waals surface area (Å²) in [6, 6.07) is 9.74. The highest BCUT2D eigenvalue weighted by atomic mass is 16.2. The predicted molar refractivity (Wildman–Crippen MR) is 135 cm³/mol. The number of pyridine rings is 1. The van der Waals surface area contributed by atoms with Gasteiger partial charge in [-0.15, -0.1) is 0 Å². The Balaban J connectivity index is 1.58. The fraction of sp³-hybridized carbons (Fsp3) is 0.400. The third-order valence-corrected chi connectivity index (χ3v) is 6.63. The second kappa shape index (κ2) is 10.7. The molecular weight excluding hydrogens is 460 g/mol. The van der Waals surface area contributed by atoms with Crippen LogP contribution in [0.25, 0.3) is 0 Å². The highest BCUT2D eigenvalue weighted by molar-refractivity contribution is 6.08. The minimum absolute atomic E-state index is 0.0227. The number of carbonyl (C=O) groups is 3. The van der Waals surface area contributed by atoms with E-state index in [-0.39, 0.29) is 36.0 Å². The van der Waals surface area contributed by atoms with E-state index >= 15 is 0 Å². The number of hydrogen-bond donors (Lipinski definition) is 5. The van der Waals surface area contributed by atoms with Crippen molar-refractivity contribution in [2.45, 2.75) is 51.1 Å². The summed E-state index contributed by atoms with van der Waals surface area (Å²) < 4.78 is 0. The molecule has 1 aromatic carbocycles. The average molecular weight is 493 g/mol. The first-order valence-corrected chi connectivity index (χ1v) is 12.0. The summed E-state index contributed by atoms with van der Waals surface area (Å²) in [5.74, 6) is 3.78. The monoisotopic (exact) mass is 492 g/mol. The molecule has 3 unspecified atom stereocenters. The maximum Gasteiger partial charge on any atom is 0.250 e. The minimum Gasteiger partial charge on any atom is -0.384 e. The van der Waals surface area contributed by atoms with Crippen LogP contribution in [0.2, 0.25) is 0 Å². The van der Waals surface area contributed by atoms with E-state index in [1.165, 1.54) is 4.90 Å². The molecular formula is C25H32N8O3. The Labute approximate surface area is 209 Å². The van der Waals surface area contributed by atoms with Crippen LogP contribution in [0.1, 0.15) is 43.0 Å². The van der Waals surface area contributed by atoms with Crippen molar-refractivity contribution in [3.05, 3.63) is 59.4 Å². The van der Waals surface area contributed by atoms with Crippen LogP contribution in [0.3, 0.4) is 0 Å². The van der Waals surface area contributed by atoms with E-state index in [1.54, 1.807) is 12.3 Å². The summed E-state index contributed by atoms with van der Waals surface area (Å²) >= 11 is 0. The summed E-state index contributed by atoms with van der Waals surface area (Å²) in [4.78, 5) is 46.3. The molecule has 0 saturated carbocycles. The van der Waals surface area contributed by atoms with Crippen molar-refractivity contribution in [2.75, 3.05) is 11.4 Å². The molecule has 0 aliphatic carbocycles. The standard InChI is InChI=1S/C25H32N8O3/c1-14(2)21(17-8-3-4-11-28-17)24(35)30-18-10-9-15-6-5-7-16-12-19(33(22(15)16)25(18)36)23(34)29-13-20(26)31-32-27/h3-8,11,14,18-19,21,32H,9-10,12-13,27H2,1-2H3,(H2,26,31)(H,29,34)(H,30,35). The van der Waals surface area contributed by atoms with Gasteiger partial charge in [-0.2, -0.15) is 5.10 Å². The number of amidine groups is 1. The molecule has 0 spiro atoms. The van der Waals surface area contributed by atoms with Gasteiger partial charge in [0.15, 0.2) is 0 Å². The van der Waals surface area contributed by atoms with E-state index in [0.717, 1.165) is 16.8 Å². The van der Waals surface area contributed by atoms with Crippen molar-refractivity contribution >= 4 is 29.2 Å². The number of aromatic nitrogens is 1. The summed E-state index contributed by atoms with van der Waals surface area (Å²) in [6.07, 6.45) is 3.06. The van der Waals surface area contributed by atoms with Gasteiger partial charge in [0.1, 0.15) is 17.9 Å². The van der Waals surface area contributed by atoms with Crippen LogP contribution in [-0.4, -0.2) is 47.2 Å². The molecule has 0 saturated heterocycles. The van der Waals surface area contributed by atoms with E-state index in [0.29, 0.717) is 25.0 Å². The third-order valence-electron chi connectivity index (χ3n) is 6.63. The lowest BCUT2D eigenvalue weighted by atomic mass is 9.90. The molecule has 11 nitrogen and oxygen atoms in total. The fourth-order valence-electron chi connectivity index (χ4n) is 4.99. The van der Waals surface area contributed by atoms with Gasteiger partial charge in [-0.3, -0.25) is 24.3 Å². The Kier molecular flexibility index (Phi) is 7.49. The number of para-hydroxylation sites is 1. The van der Waals surface area contributed by atoms with Gasteiger partial charge >= 0.3 is 0 Å². The number of aryl methyl sites for hydroxylation is 1. The van der Waals surface area contributed by atoms with Crippen molar-refractivity contribution in [1.29, 1.82) is 0 Å². The van der Waals surface area contributed by atoms with Crippen LogP contribution in [0, 0.1) is 5.92 Å². The largest absolute Gasteiger partial charge is 0.384 e. The number of nitrogens with one attached hydrogen (secondary N) is 3. The molecule has 2 aliphatic heterocycles. The van der Waals surface area contributed by atoms with E-state index in [2.05, 4.69) is 26.3 Å². The van der Waals surface area contributed by atoms with Gasteiger partial charge in [0.2, 0.25) is 17.7 Å². The summed E-state index contributed by atoms with van der Waals surface area (Å²) in [6.45, 7) is 3.88. The number of carbonyl (C=O) groups excluding carboxylic acids is 3. The number of amides is 3. The first-order chi connectivity index (χ1) is 17.3. The Hall–Kier alpha value is -3.99. The van der Waals surface area contributed by atoms with Gasteiger partial charge in [0.05, 0.1) is 23.8 Å². The molecule has 0 bridgehead atoms. The second-order valence-electron chi connectivity index (χ2n) is 9.38. The van der Waals surface area contributed by atoms with Crippen LogP contribution < -0.4 is 32.6 Å². The van der Waals surface area contributed by atoms with E-state index in [1.807, 2.05) is 44.2 Å². The van der Waals surface area contributed by atoms with Crippen molar-refractivity contribution in [3.8, 4) is 0 Å². The number of anilines is 1. The molecule has 0 radical (unpaired) electrons. The molecule has 4 rings (SSSR count). The Bertz CT molecular complexity index is 1170. The predicted octanol–water partition coefficient (Wildman–Crippen LogP) is 0.0618. The maximum atomic E-state index is 13.8. The number of nitrogens with zero attached hydrogens (tertiary/aromatic N) is 3. The molecule has 3 heterocycles. The Morgan fingerprint density at radius 2 is 1.97 bits per heavy atom. The average Bonchev–Trinajstić information content (AvgIpc) is 3.19. The van der Waals surface area contributed by atoms with Gasteiger partial charge in [-0.25, -0.2) is 11.4 Å². The number of benzene rings is 1. The quantitative estimate of drug-likeness (QED) is 0.150. The zero-order chi connectivity index (χ0) is 25.8. The lowest BCUT2D eigenvalue weighted by Crippen LogP contribution is -2.55. The summed E-state index contributed by atoms with van der Waals surface area (Å²) in [7, 11) is 0.